The average molecular weight is 279 g/mol. The molecule has 1 heterocycles. The first-order valence-corrected chi connectivity index (χ1v) is 8.31. The second-order valence-corrected chi connectivity index (χ2v) is 7.19. The van der Waals surface area contributed by atoms with Crippen molar-refractivity contribution >= 4 is 0 Å². The van der Waals surface area contributed by atoms with E-state index in [4.69, 9.17) is 0 Å². The van der Waals surface area contributed by atoms with E-state index >= 15 is 0 Å². The maximum atomic E-state index is 9.34. The highest BCUT2D eigenvalue weighted by atomic mass is 15.2. The number of hydrogen-bond acceptors (Lipinski definition) is 3. The van der Waals surface area contributed by atoms with Crippen LogP contribution in [0.25, 0.3) is 0 Å². The zero-order chi connectivity index (χ0) is 15.2. The molecule has 0 aliphatic carbocycles. The highest BCUT2D eigenvalue weighted by molar-refractivity contribution is 5.04. The minimum absolute atomic E-state index is 0.364. The van der Waals surface area contributed by atoms with Gasteiger partial charge in [-0.3, -0.25) is 5.32 Å². The predicted octanol–water partition coefficient (Wildman–Crippen LogP) is 3.56. The van der Waals surface area contributed by atoms with Crippen molar-refractivity contribution in [1.82, 2.24) is 10.2 Å². The van der Waals surface area contributed by atoms with Gasteiger partial charge >= 0.3 is 0 Å². The van der Waals surface area contributed by atoms with Crippen molar-refractivity contribution in [3.05, 3.63) is 0 Å². The number of unbranched alkanes of at least 4 members (excludes halogenated alkanes) is 1. The number of nitrogens with one attached hydrogen (secondary N) is 1. The van der Waals surface area contributed by atoms with Gasteiger partial charge in [0, 0.05) is 12.1 Å². The Kier molecular flexibility index (Phi) is 6.99. The number of hydrogen-bond donors (Lipinski definition) is 1. The summed E-state index contributed by atoms with van der Waals surface area (Å²) in [6, 6.07) is 3.59. The normalized spacial score (nSPS) is 23.2. The third-order valence-corrected chi connectivity index (χ3v) is 4.41. The van der Waals surface area contributed by atoms with Gasteiger partial charge in [0.05, 0.1) is 6.07 Å². The van der Waals surface area contributed by atoms with Crippen molar-refractivity contribution in [3.8, 4) is 6.07 Å². The van der Waals surface area contributed by atoms with Gasteiger partial charge < -0.3 is 4.90 Å². The van der Waals surface area contributed by atoms with E-state index in [2.05, 4.69) is 44.0 Å². The lowest BCUT2D eigenvalue weighted by Gasteiger charge is -2.29. The van der Waals surface area contributed by atoms with Crippen LogP contribution in [0.2, 0.25) is 0 Å². The Morgan fingerprint density at radius 1 is 1.30 bits per heavy atom. The molecule has 1 aliphatic rings. The van der Waals surface area contributed by atoms with E-state index in [1.54, 1.807) is 0 Å². The highest BCUT2D eigenvalue weighted by Crippen LogP contribution is 2.24. The third-order valence-electron chi connectivity index (χ3n) is 4.41. The Morgan fingerprint density at radius 3 is 2.55 bits per heavy atom. The second-order valence-electron chi connectivity index (χ2n) is 7.19. The number of nitriles is 1. The minimum Gasteiger partial charge on any atom is -0.300 e. The first kappa shape index (κ1) is 17.5. The van der Waals surface area contributed by atoms with Crippen LogP contribution >= 0.6 is 0 Å². The molecule has 2 atom stereocenters. The molecule has 2 unspecified atom stereocenters. The molecule has 0 bridgehead atoms. The molecule has 3 nitrogen and oxygen atoms in total. The molecule has 1 fully saturated rings. The molecule has 1 rings (SSSR count). The van der Waals surface area contributed by atoms with Crippen LogP contribution < -0.4 is 5.32 Å². The molecule has 0 aromatic rings. The average Bonchev–Trinajstić information content (AvgIpc) is 2.82. The van der Waals surface area contributed by atoms with Gasteiger partial charge in [0.1, 0.15) is 5.54 Å². The Hall–Kier alpha value is -0.590. The Morgan fingerprint density at radius 2 is 2.00 bits per heavy atom. The molecule has 0 amide bonds. The van der Waals surface area contributed by atoms with Gasteiger partial charge in [0.25, 0.3) is 0 Å². The fraction of sp³-hybridized carbons (Fsp3) is 0.941. The van der Waals surface area contributed by atoms with Crippen LogP contribution in [0.3, 0.4) is 0 Å². The maximum Gasteiger partial charge on any atom is 0.104 e. The summed E-state index contributed by atoms with van der Waals surface area (Å²) in [7, 11) is 0. The van der Waals surface area contributed by atoms with Crippen molar-refractivity contribution in [2.45, 2.75) is 84.3 Å². The number of rotatable bonds is 8. The Bertz CT molecular complexity index is 319. The van der Waals surface area contributed by atoms with Crippen LogP contribution in [-0.2, 0) is 0 Å². The van der Waals surface area contributed by atoms with E-state index < -0.39 is 0 Å². The Balaban J connectivity index is 2.29. The molecule has 20 heavy (non-hydrogen) atoms. The van der Waals surface area contributed by atoms with E-state index in [9.17, 15) is 5.26 Å². The smallest absolute Gasteiger partial charge is 0.104 e. The lowest BCUT2D eigenvalue weighted by atomic mass is 9.95. The minimum atomic E-state index is -0.364. The van der Waals surface area contributed by atoms with Gasteiger partial charge in [-0.15, -0.1) is 0 Å². The lowest BCUT2D eigenvalue weighted by molar-refractivity contribution is 0.200. The Labute approximate surface area is 125 Å². The molecule has 116 valence electrons. The predicted molar refractivity (Wildman–Crippen MR) is 85.6 cm³/mol. The molecule has 0 aromatic heterocycles. The first-order chi connectivity index (χ1) is 9.38. The van der Waals surface area contributed by atoms with Gasteiger partial charge in [-0.2, -0.15) is 5.26 Å². The SMILES string of the molecule is CC(C)NC(C)(C#N)CCCCN1CCCC1C(C)C. The van der Waals surface area contributed by atoms with Crippen molar-refractivity contribution < 1.29 is 0 Å². The summed E-state index contributed by atoms with van der Waals surface area (Å²) in [6.45, 7) is 13.4. The lowest BCUT2D eigenvalue weighted by Crippen LogP contribution is -2.45. The van der Waals surface area contributed by atoms with Crippen LogP contribution in [0.4, 0.5) is 0 Å². The van der Waals surface area contributed by atoms with E-state index in [0.29, 0.717) is 6.04 Å². The molecule has 0 radical (unpaired) electrons. The fourth-order valence-electron chi connectivity index (χ4n) is 3.48. The summed E-state index contributed by atoms with van der Waals surface area (Å²) in [5.41, 5.74) is -0.364. The molecular weight excluding hydrogens is 246 g/mol. The summed E-state index contributed by atoms with van der Waals surface area (Å²) in [6.07, 6.45) is 6.00. The summed E-state index contributed by atoms with van der Waals surface area (Å²) in [4.78, 5) is 2.66. The largest absolute Gasteiger partial charge is 0.300 e. The van der Waals surface area contributed by atoms with E-state index in [1.807, 2.05) is 6.92 Å². The van der Waals surface area contributed by atoms with Crippen molar-refractivity contribution in [2.24, 2.45) is 5.92 Å². The molecule has 0 aromatic carbocycles. The molecular formula is C17H33N3. The molecule has 3 heteroatoms. The van der Waals surface area contributed by atoms with Crippen LogP contribution in [0.1, 0.15) is 66.7 Å². The van der Waals surface area contributed by atoms with Crippen LogP contribution in [0.5, 0.6) is 0 Å². The van der Waals surface area contributed by atoms with E-state index in [-0.39, 0.29) is 5.54 Å². The summed E-state index contributed by atoms with van der Waals surface area (Å²) in [5, 5.41) is 12.7. The van der Waals surface area contributed by atoms with Crippen molar-refractivity contribution in [2.75, 3.05) is 13.1 Å². The van der Waals surface area contributed by atoms with Crippen molar-refractivity contribution in [1.29, 1.82) is 5.26 Å². The van der Waals surface area contributed by atoms with Gasteiger partial charge in [-0.1, -0.05) is 13.8 Å². The van der Waals surface area contributed by atoms with Gasteiger partial charge in [-0.05, 0) is 71.9 Å². The summed E-state index contributed by atoms with van der Waals surface area (Å²) < 4.78 is 0. The summed E-state index contributed by atoms with van der Waals surface area (Å²) >= 11 is 0. The quantitative estimate of drug-likeness (QED) is 0.691. The standard InChI is InChI=1S/C17H33N3/c1-14(2)16-9-8-12-20(16)11-7-6-10-17(5,13-18)19-15(3)4/h14-16,19H,6-12H2,1-5H3. The van der Waals surface area contributed by atoms with Crippen LogP contribution in [0.15, 0.2) is 0 Å². The number of likely N-dealkylation sites (tertiary alicyclic amines) is 1. The third kappa shape index (κ3) is 5.42. The van der Waals surface area contributed by atoms with Gasteiger partial charge in [-0.25, -0.2) is 0 Å². The molecule has 1 aliphatic heterocycles. The monoisotopic (exact) mass is 279 g/mol. The zero-order valence-corrected chi connectivity index (χ0v) is 14.1. The van der Waals surface area contributed by atoms with Crippen molar-refractivity contribution in [3.63, 3.8) is 0 Å². The second kappa shape index (κ2) is 8.00. The maximum absolute atomic E-state index is 9.34. The molecule has 0 saturated carbocycles. The zero-order valence-electron chi connectivity index (χ0n) is 14.1. The topological polar surface area (TPSA) is 39.1 Å². The van der Waals surface area contributed by atoms with Gasteiger partial charge in [0.2, 0.25) is 0 Å². The van der Waals surface area contributed by atoms with Gasteiger partial charge in [0.15, 0.2) is 0 Å². The number of nitrogens with zero attached hydrogens (tertiary/aromatic N) is 2. The fourth-order valence-corrected chi connectivity index (χ4v) is 3.48. The highest BCUT2D eigenvalue weighted by Gasteiger charge is 2.27. The van der Waals surface area contributed by atoms with E-state index in [1.165, 1.54) is 32.4 Å². The molecule has 1 N–H and O–H groups in total. The molecule has 0 spiro atoms. The first-order valence-electron chi connectivity index (χ1n) is 8.31. The van der Waals surface area contributed by atoms with Crippen LogP contribution in [0, 0.1) is 17.2 Å². The molecule has 1 saturated heterocycles. The van der Waals surface area contributed by atoms with Crippen LogP contribution in [-0.4, -0.2) is 35.6 Å². The summed E-state index contributed by atoms with van der Waals surface area (Å²) in [5.74, 6) is 0.768. The van der Waals surface area contributed by atoms with E-state index in [0.717, 1.165) is 24.8 Å².